The Balaban J connectivity index is 1.49. The smallest absolute Gasteiger partial charge is 0.270 e. The minimum atomic E-state index is -0.549. The van der Waals surface area contributed by atoms with E-state index >= 15 is 0 Å². The summed E-state index contributed by atoms with van der Waals surface area (Å²) in [6, 6.07) is 4.54. The average molecular weight is 403 g/mol. The van der Waals surface area contributed by atoms with Gasteiger partial charge in [-0.1, -0.05) is 6.07 Å². The fourth-order valence-corrected chi connectivity index (χ4v) is 5.02. The van der Waals surface area contributed by atoms with Crippen LogP contribution in [-0.2, 0) is 9.53 Å². The predicted octanol–water partition coefficient (Wildman–Crippen LogP) is 0.617. The van der Waals surface area contributed by atoms with Crippen molar-refractivity contribution < 1.29 is 19.4 Å². The van der Waals surface area contributed by atoms with Crippen molar-refractivity contribution in [1.29, 1.82) is 0 Å². The molecule has 3 aliphatic rings. The molecule has 8 nitrogen and oxygen atoms in total. The number of amides is 2. The first kappa shape index (κ1) is 20.1. The van der Waals surface area contributed by atoms with Crippen molar-refractivity contribution >= 4 is 11.8 Å². The molecule has 0 unspecified atom stereocenters. The lowest BCUT2D eigenvalue weighted by Crippen LogP contribution is -2.61. The Bertz CT molecular complexity index is 819. The van der Waals surface area contributed by atoms with Gasteiger partial charge in [0.1, 0.15) is 5.69 Å². The first-order valence-corrected chi connectivity index (χ1v) is 10.5. The Kier molecular flexibility index (Phi) is 5.74. The minimum Gasteiger partial charge on any atom is -0.392 e. The highest BCUT2D eigenvalue weighted by Crippen LogP contribution is 2.39. The second kappa shape index (κ2) is 8.28. The summed E-state index contributed by atoms with van der Waals surface area (Å²) >= 11 is 0. The van der Waals surface area contributed by atoms with E-state index in [4.69, 9.17) is 4.74 Å². The van der Waals surface area contributed by atoms with E-state index in [-0.39, 0.29) is 29.0 Å². The highest BCUT2D eigenvalue weighted by Gasteiger charge is 2.48. The predicted molar refractivity (Wildman–Crippen MR) is 105 cm³/mol. The number of rotatable bonds is 2. The van der Waals surface area contributed by atoms with Crippen LogP contribution in [0.1, 0.15) is 42.6 Å². The van der Waals surface area contributed by atoms with E-state index in [0.717, 1.165) is 25.7 Å². The van der Waals surface area contributed by atoms with E-state index < -0.39 is 11.5 Å². The topological polar surface area (TPSA) is 103 Å². The molecule has 4 rings (SSSR count). The molecule has 158 valence electrons. The van der Waals surface area contributed by atoms with E-state index in [2.05, 4.69) is 4.98 Å². The molecular formula is C21H29N3O5. The number of aromatic nitrogens is 1. The van der Waals surface area contributed by atoms with Crippen LogP contribution in [0, 0.1) is 11.3 Å². The van der Waals surface area contributed by atoms with Gasteiger partial charge in [0.25, 0.3) is 5.91 Å². The van der Waals surface area contributed by atoms with Crippen molar-refractivity contribution in [3.05, 3.63) is 34.2 Å². The SMILES string of the molecule is O=C(c1cccc(=O)[nH]1)N1CC[C@H](O)[C@@]2(CCCN(C(=O)C3CCOCC3)C2)C1. The van der Waals surface area contributed by atoms with Crippen molar-refractivity contribution in [1.82, 2.24) is 14.8 Å². The molecule has 0 radical (unpaired) electrons. The third-order valence-corrected chi connectivity index (χ3v) is 6.66. The molecule has 1 aromatic rings. The number of piperidine rings is 2. The fourth-order valence-electron chi connectivity index (χ4n) is 5.02. The van der Waals surface area contributed by atoms with Gasteiger partial charge in [-0.15, -0.1) is 0 Å². The van der Waals surface area contributed by atoms with Gasteiger partial charge in [0.05, 0.1) is 6.10 Å². The Labute approximate surface area is 169 Å². The number of pyridine rings is 1. The summed E-state index contributed by atoms with van der Waals surface area (Å²) < 4.78 is 5.37. The maximum absolute atomic E-state index is 13.0. The monoisotopic (exact) mass is 403 g/mol. The van der Waals surface area contributed by atoms with Crippen molar-refractivity contribution in [2.75, 3.05) is 39.4 Å². The highest BCUT2D eigenvalue weighted by atomic mass is 16.5. The number of aliphatic hydroxyl groups is 1. The van der Waals surface area contributed by atoms with Crippen LogP contribution in [0.3, 0.4) is 0 Å². The number of H-pyrrole nitrogens is 1. The van der Waals surface area contributed by atoms with Gasteiger partial charge in [-0.2, -0.15) is 0 Å². The van der Waals surface area contributed by atoms with Crippen LogP contribution >= 0.6 is 0 Å². The fraction of sp³-hybridized carbons (Fsp3) is 0.667. The minimum absolute atomic E-state index is 0.00763. The summed E-state index contributed by atoms with van der Waals surface area (Å²) in [6.07, 6.45) is 3.01. The van der Waals surface area contributed by atoms with Crippen LogP contribution in [-0.4, -0.2) is 77.2 Å². The Hall–Kier alpha value is -2.19. The van der Waals surface area contributed by atoms with Crippen molar-refractivity contribution in [3.8, 4) is 0 Å². The van der Waals surface area contributed by atoms with Crippen LogP contribution in [0.15, 0.2) is 23.0 Å². The molecule has 2 amide bonds. The van der Waals surface area contributed by atoms with Crippen molar-refractivity contribution in [3.63, 3.8) is 0 Å². The Morgan fingerprint density at radius 2 is 1.86 bits per heavy atom. The molecule has 1 aromatic heterocycles. The second-order valence-corrected chi connectivity index (χ2v) is 8.57. The molecule has 3 aliphatic heterocycles. The number of hydrogen-bond acceptors (Lipinski definition) is 5. The zero-order chi connectivity index (χ0) is 20.4. The van der Waals surface area contributed by atoms with Crippen LogP contribution < -0.4 is 5.56 Å². The molecule has 2 N–H and O–H groups in total. The van der Waals surface area contributed by atoms with Gasteiger partial charge in [-0.25, -0.2) is 0 Å². The molecule has 4 heterocycles. The molecular weight excluding hydrogens is 374 g/mol. The van der Waals surface area contributed by atoms with Gasteiger partial charge in [0, 0.05) is 56.8 Å². The van der Waals surface area contributed by atoms with Crippen molar-refractivity contribution in [2.45, 2.75) is 38.2 Å². The lowest BCUT2D eigenvalue weighted by atomic mass is 9.71. The molecule has 1 spiro atoms. The van der Waals surface area contributed by atoms with Gasteiger partial charge >= 0.3 is 0 Å². The summed E-state index contributed by atoms with van der Waals surface area (Å²) in [5.41, 5.74) is -0.564. The number of nitrogens with one attached hydrogen (secondary N) is 1. The second-order valence-electron chi connectivity index (χ2n) is 8.57. The van der Waals surface area contributed by atoms with Gasteiger partial charge in [0.15, 0.2) is 0 Å². The molecule has 3 fully saturated rings. The largest absolute Gasteiger partial charge is 0.392 e. The summed E-state index contributed by atoms with van der Waals surface area (Å²) in [4.78, 5) is 43.7. The highest BCUT2D eigenvalue weighted by molar-refractivity contribution is 5.92. The van der Waals surface area contributed by atoms with E-state index in [1.807, 2.05) is 4.90 Å². The van der Waals surface area contributed by atoms with Crippen LogP contribution in [0.5, 0.6) is 0 Å². The maximum atomic E-state index is 13.0. The molecule has 0 saturated carbocycles. The number of ether oxygens (including phenoxy) is 1. The van der Waals surface area contributed by atoms with Gasteiger partial charge < -0.3 is 24.6 Å². The van der Waals surface area contributed by atoms with Gasteiger partial charge in [-0.05, 0) is 38.2 Å². The number of aliphatic hydroxyl groups excluding tert-OH is 1. The van der Waals surface area contributed by atoms with Gasteiger partial charge in [0.2, 0.25) is 11.5 Å². The quantitative estimate of drug-likeness (QED) is 0.754. The van der Waals surface area contributed by atoms with Crippen LogP contribution in [0.25, 0.3) is 0 Å². The summed E-state index contributed by atoms with van der Waals surface area (Å²) in [7, 11) is 0. The van der Waals surface area contributed by atoms with Crippen LogP contribution in [0.4, 0.5) is 0 Å². The molecule has 0 aromatic carbocycles. The number of aromatic amines is 1. The zero-order valence-electron chi connectivity index (χ0n) is 16.6. The number of carbonyl (C=O) groups is 2. The van der Waals surface area contributed by atoms with Crippen molar-refractivity contribution in [2.24, 2.45) is 11.3 Å². The molecule has 0 bridgehead atoms. The first-order chi connectivity index (χ1) is 14.0. The number of likely N-dealkylation sites (tertiary alicyclic amines) is 2. The summed E-state index contributed by atoms with van der Waals surface area (Å²) in [5, 5.41) is 10.9. The molecule has 0 aliphatic carbocycles. The number of carbonyl (C=O) groups excluding carboxylic acids is 2. The van der Waals surface area contributed by atoms with Gasteiger partial charge in [-0.3, -0.25) is 14.4 Å². The Morgan fingerprint density at radius 3 is 2.62 bits per heavy atom. The number of nitrogens with zero attached hydrogens (tertiary/aromatic N) is 2. The zero-order valence-corrected chi connectivity index (χ0v) is 16.6. The molecule has 3 saturated heterocycles. The lowest BCUT2D eigenvalue weighted by molar-refractivity contribution is -0.147. The first-order valence-electron chi connectivity index (χ1n) is 10.5. The third kappa shape index (κ3) is 4.09. The van der Waals surface area contributed by atoms with Crippen LogP contribution in [0.2, 0.25) is 0 Å². The van der Waals surface area contributed by atoms with E-state index in [0.29, 0.717) is 45.8 Å². The van der Waals surface area contributed by atoms with E-state index in [9.17, 15) is 19.5 Å². The normalized spacial score (nSPS) is 28.5. The third-order valence-electron chi connectivity index (χ3n) is 6.66. The average Bonchev–Trinajstić information content (AvgIpc) is 2.75. The molecule has 8 heteroatoms. The standard InChI is InChI=1S/C21H29N3O5/c25-17-5-10-24(20(28)16-3-1-4-18(26)22-16)14-21(17)8-2-9-23(13-21)19(27)15-6-11-29-12-7-15/h1,3-4,15,17,25H,2,5-14H2,(H,22,26)/t17-,21+/m0/s1. The van der Waals surface area contributed by atoms with E-state index in [1.54, 1.807) is 17.0 Å². The maximum Gasteiger partial charge on any atom is 0.270 e. The van der Waals surface area contributed by atoms with E-state index in [1.165, 1.54) is 6.07 Å². The Morgan fingerprint density at radius 1 is 1.10 bits per heavy atom. The molecule has 29 heavy (non-hydrogen) atoms. The lowest BCUT2D eigenvalue weighted by Gasteiger charge is -2.51. The summed E-state index contributed by atoms with van der Waals surface area (Å²) in [6.45, 7) is 3.24. The number of hydrogen-bond donors (Lipinski definition) is 2. The summed E-state index contributed by atoms with van der Waals surface area (Å²) in [5.74, 6) is -0.0935. The molecule has 2 atom stereocenters.